The first-order chi connectivity index (χ1) is 4.87. The van der Waals surface area contributed by atoms with Gasteiger partial charge in [0.15, 0.2) is 0 Å². The Bertz CT molecular complexity index is 124. The first kappa shape index (κ1) is 11.0. The lowest BCUT2D eigenvalue weighted by Gasteiger charge is -2.24. The van der Waals surface area contributed by atoms with Crippen LogP contribution in [0.1, 0.15) is 34.6 Å². The highest BCUT2D eigenvalue weighted by Gasteiger charge is 2.20. The van der Waals surface area contributed by atoms with E-state index < -0.39 is 0 Å². The highest BCUT2D eigenvalue weighted by atomic mass is 32.2. The van der Waals surface area contributed by atoms with Crippen LogP contribution in [0.15, 0.2) is 0 Å². The van der Waals surface area contributed by atoms with Gasteiger partial charge in [-0.1, -0.05) is 34.6 Å². The third-order valence-electron chi connectivity index (χ3n) is 1.28. The zero-order chi connectivity index (χ0) is 9.07. The van der Waals surface area contributed by atoms with E-state index in [0.717, 1.165) is 6.29 Å². The molecule has 0 amide bonds. The summed E-state index contributed by atoms with van der Waals surface area (Å²) < 4.78 is 0.190. The summed E-state index contributed by atoms with van der Waals surface area (Å²) in [5, 5.41) is 0.148. The molecular weight excluding hydrogens is 156 g/mol. The van der Waals surface area contributed by atoms with Gasteiger partial charge in [-0.2, -0.15) is 0 Å². The van der Waals surface area contributed by atoms with Gasteiger partial charge in [-0.3, -0.25) is 0 Å². The van der Waals surface area contributed by atoms with E-state index in [0.29, 0.717) is 5.92 Å². The Balaban J connectivity index is 3.99. The normalized spacial score (nSPS) is 15.1. The molecule has 66 valence electrons. The minimum absolute atomic E-state index is 0.148. The Morgan fingerprint density at radius 3 is 1.82 bits per heavy atom. The number of carbonyl (C=O) groups excluding carboxylic acids is 1. The fraction of sp³-hybridized carbons (Fsp3) is 0.889. The summed E-state index contributed by atoms with van der Waals surface area (Å²) in [4.78, 5) is 10.6. The number of carbonyl (C=O) groups is 1. The van der Waals surface area contributed by atoms with Crippen LogP contribution in [0.4, 0.5) is 0 Å². The van der Waals surface area contributed by atoms with Gasteiger partial charge in [-0.15, -0.1) is 11.8 Å². The number of hydrogen-bond donors (Lipinski definition) is 0. The topological polar surface area (TPSA) is 17.1 Å². The van der Waals surface area contributed by atoms with Crippen LogP contribution in [-0.4, -0.2) is 16.3 Å². The number of thioether (sulfide) groups is 1. The van der Waals surface area contributed by atoms with Crippen LogP contribution in [0.2, 0.25) is 0 Å². The SMILES string of the molecule is CC(C)[C@@H](C=O)SC(C)(C)C. The van der Waals surface area contributed by atoms with Crippen molar-refractivity contribution in [1.29, 1.82) is 0 Å². The molecule has 0 spiro atoms. The summed E-state index contributed by atoms with van der Waals surface area (Å²) in [6, 6.07) is 0. The third kappa shape index (κ3) is 5.31. The number of aldehydes is 1. The molecule has 2 heteroatoms. The Morgan fingerprint density at radius 2 is 1.73 bits per heavy atom. The van der Waals surface area contributed by atoms with Gasteiger partial charge in [0, 0.05) is 4.75 Å². The molecule has 0 aliphatic heterocycles. The van der Waals surface area contributed by atoms with Gasteiger partial charge >= 0.3 is 0 Å². The van der Waals surface area contributed by atoms with Gasteiger partial charge in [0.05, 0.1) is 5.25 Å². The standard InChI is InChI=1S/C9H18OS/c1-7(2)8(6-10)11-9(3,4)5/h6-8H,1-5H3/t8-/m1/s1. The second-order valence-electron chi connectivity index (χ2n) is 4.07. The summed E-state index contributed by atoms with van der Waals surface area (Å²) in [7, 11) is 0. The fourth-order valence-electron chi connectivity index (χ4n) is 0.729. The van der Waals surface area contributed by atoms with E-state index in [4.69, 9.17) is 0 Å². The fourth-order valence-corrected chi connectivity index (χ4v) is 1.87. The van der Waals surface area contributed by atoms with Gasteiger partial charge < -0.3 is 4.79 Å². The van der Waals surface area contributed by atoms with E-state index in [9.17, 15) is 4.79 Å². The number of hydrogen-bond acceptors (Lipinski definition) is 2. The van der Waals surface area contributed by atoms with E-state index in [-0.39, 0.29) is 10.00 Å². The van der Waals surface area contributed by atoms with Crippen molar-refractivity contribution < 1.29 is 4.79 Å². The van der Waals surface area contributed by atoms with E-state index in [1.807, 2.05) is 0 Å². The molecule has 0 aromatic heterocycles. The maximum atomic E-state index is 10.6. The van der Waals surface area contributed by atoms with Gasteiger partial charge in [0.2, 0.25) is 0 Å². The quantitative estimate of drug-likeness (QED) is 0.612. The van der Waals surface area contributed by atoms with Crippen LogP contribution in [0.3, 0.4) is 0 Å². The van der Waals surface area contributed by atoms with Crippen LogP contribution in [0, 0.1) is 5.92 Å². The maximum Gasteiger partial charge on any atom is 0.133 e. The summed E-state index contributed by atoms with van der Waals surface area (Å²) in [5.74, 6) is 0.441. The van der Waals surface area contributed by atoms with Crippen molar-refractivity contribution in [3.8, 4) is 0 Å². The van der Waals surface area contributed by atoms with Crippen LogP contribution in [0.5, 0.6) is 0 Å². The Morgan fingerprint density at radius 1 is 1.27 bits per heavy atom. The highest BCUT2D eigenvalue weighted by Crippen LogP contribution is 2.30. The molecule has 0 N–H and O–H groups in total. The van der Waals surface area contributed by atoms with Crippen LogP contribution < -0.4 is 0 Å². The van der Waals surface area contributed by atoms with Crippen molar-refractivity contribution in [2.75, 3.05) is 0 Å². The average Bonchev–Trinajstić information content (AvgIpc) is 1.80. The molecule has 1 nitrogen and oxygen atoms in total. The molecule has 1 atom stereocenters. The maximum absolute atomic E-state index is 10.6. The second-order valence-corrected chi connectivity index (χ2v) is 6.08. The molecule has 0 aromatic carbocycles. The van der Waals surface area contributed by atoms with Crippen molar-refractivity contribution in [3.63, 3.8) is 0 Å². The molecule has 11 heavy (non-hydrogen) atoms. The second kappa shape index (κ2) is 4.15. The lowest BCUT2D eigenvalue weighted by atomic mass is 10.1. The van der Waals surface area contributed by atoms with Gasteiger partial charge in [0.1, 0.15) is 6.29 Å². The Kier molecular flexibility index (Phi) is 4.16. The molecule has 0 aliphatic rings. The molecule has 0 saturated carbocycles. The van der Waals surface area contributed by atoms with Crippen molar-refractivity contribution in [2.45, 2.75) is 44.6 Å². The Labute approximate surface area is 73.9 Å². The van der Waals surface area contributed by atoms with Crippen LogP contribution >= 0.6 is 11.8 Å². The lowest BCUT2D eigenvalue weighted by Crippen LogP contribution is -2.21. The van der Waals surface area contributed by atoms with Gasteiger partial charge in [0.25, 0.3) is 0 Å². The van der Waals surface area contributed by atoms with Gasteiger partial charge in [-0.05, 0) is 5.92 Å². The lowest BCUT2D eigenvalue weighted by molar-refractivity contribution is -0.108. The summed E-state index contributed by atoms with van der Waals surface area (Å²) in [6.07, 6.45) is 1.06. The van der Waals surface area contributed by atoms with Crippen molar-refractivity contribution >= 4 is 18.0 Å². The zero-order valence-corrected chi connectivity index (χ0v) is 8.87. The van der Waals surface area contributed by atoms with E-state index in [1.165, 1.54) is 0 Å². The number of rotatable bonds is 3. The molecule has 0 unspecified atom stereocenters. The first-order valence-electron chi connectivity index (χ1n) is 4.00. The van der Waals surface area contributed by atoms with Crippen molar-refractivity contribution in [3.05, 3.63) is 0 Å². The first-order valence-corrected chi connectivity index (χ1v) is 4.88. The molecule has 0 rings (SSSR count). The van der Waals surface area contributed by atoms with Crippen LogP contribution in [-0.2, 0) is 4.79 Å². The molecule has 0 aromatic rings. The van der Waals surface area contributed by atoms with E-state index >= 15 is 0 Å². The minimum Gasteiger partial charge on any atom is -0.302 e. The molecule has 0 saturated heterocycles. The molecule has 0 heterocycles. The van der Waals surface area contributed by atoms with E-state index in [1.54, 1.807) is 11.8 Å². The zero-order valence-electron chi connectivity index (χ0n) is 8.05. The summed E-state index contributed by atoms with van der Waals surface area (Å²) in [6.45, 7) is 10.6. The highest BCUT2D eigenvalue weighted by molar-refractivity contribution is 8.01. The van der Waals surface area contributed by atoms with Crippen molar-refractivity contribution in [2.24, 2.45) is 5.92 Å². The third-order valence-corrected chi connectivity index (χ3v) is 2.92. The summed E-state index contributed by atoms with van der Waals surface area (Å²) >= 11 is 1.74. The molecule has 0 bridgehead atoms. The largest absolute Gasteiger partial charge is 0.302 e. The summed E-state index contributed by atoms with van der Waals surface area (Å²) in [5.41, 5.74) is 0. The predicted octanol–water partition coefficient (Wildman–Crippen LogP) is 2.74. The molecular formula is C9H18OS. The monoisotopic (exact) mass is 174 g/mol. The van der Waals surface area contributed by atoms with Crippen molar-refractivity contribution in [1.82, 2.24) is 0 Å². The molecule has 0 radical (unpaired) electrons. The predicted molar refractivity (Wildman–Crippen MR) is 52.0 cm³/mol. The van der Waals surface area contributed by atoms with Crippen LogP contribution in [0.25, 0.3) is 0 Å². The molecule has 0 fully saturated rings. The van der Waals surface area contributed by atoms with Gasteiger partial charge in [-0.25, -0.2) is 0 Å². The average molecular weight is 174 g/mol. The smallest absolute Gasteiger partial charge is 0.133 e. The molecule has 0 aliphatic carbocycles. The van der Waals surface area contributed by atoms with E-state index in [2.05, 4.69) is 34.6 Å². The Hall–Kier alpha value is 0.0200. The minimum atomic E-state index is 0.148.